The predicted octanol–water partition coefficient (Wildman–Crippen LogP) is 0.229. The highest BCUT2D eigenvalue weighted by molar-refractivity contribution is 7.89. The summed E-state index contributed by atoms with van der Waals surface area (Å²) in [4.78, 5) is 9.92. The molecule has 0 aromatic heterocycles. The van der Waals surface area contributed by atoms with Gasteiger partial charge >= 0.3 is 5.69 Å². The lowest BCUT2D eigenvalue weighted by molar-refractivity contribution is -0.386. The van der Waals surface area contributed by atoms with Gasteiger partial charge in [0.1, 0.15) is 0 Å². The van der Waals surface area contributed by atoms with E-state index in [0.717, 1.165) is 6.07 Å². The molecular formula is C10H15N3O5S. The van der Waals surface area contributed by atoms with Crippen LogP contribution in [0.1, 0.15) is 6.92 Å². The van der Waals surface area contributed by atoms with Gasteiger partial charge in [-0.05, 0) is 19.1 Å². The van der Waals surface area contributed by atoms with E-state index in [9.17, 15) is 18.5 Å². The van der Waals surface area contributed by atoms with Crippen LogP contribution in [0.3, 0.4) is 0 Å². The van der Waals surface area contributed by atoms with Gasteiger partial charge in [-0.3, -0.25) is 10.1 Å². The zero-order valence-corrected chi connectivity index (χ0v) is 11.3. The summed E-state index contributed by atoms with van der Waals surface area (Å²) in [5.74, 6) is -0.00387. The fourth-order valence-corrected chi connectivity index (χ4v) is 2.64. The average Bonchev–Trinajstić information content (AvgIpc) is 2.37. The van der Waals surface area contributed by atoms with Gasteiger partial charge in [-0.15, -0.1) is 0 Å². The Kier molecular flexibility index (Phi) is 4.81. The molecule has 8 nitrogen and oxygen atoms in total. The number of nitro groups is 1. The molecule has 1 rings (SSSR count). The Hall–Kier alpha value is -1.71. The van der Waals surface area contributed by atoms with E-state index in [2.05, 4.69) is 4.72 Å². The molecule has 0 radical (unpaired) electrons. The molecule has 106 valence electrons. The van der Waals surface area contributed by atoms with Crippen LogP contribution in [0.15, 0.2) is 23.1 Å². The Labute approximate surface area is 110 Å². The van der Waals surface area contributed by atoms with Crippen molar-refractivity contribution in [2.75, 3.05) is 13.7 Å². The van der Waals surface area contributed by atoms with Gasteiger partial charge in [-0.25, -0.2) is 13.1 Å². The minimum absolute atomic E-state index is 0.00387. The van der Waals surface area contributed by atoms with Crippen molar-refractivity contribution in [3.05, 3.63) is 28.3 Å². The molecule has 1 atom stereocenters. The number of hydrogen-bond acceptors (Lipinski definition) is 6. The third kappa shape index (κ3) is 3.63. The number of nitrogens with zero attached hydrogens (tertiary/aromatic N) is 1. The molecule has 0 amide bonds. The van der Waals surface area contributed by atoms with Gasteiger partial charge in [0.25, 0.3) is 0 Å². The third-order valence-electron chi connectivity index (χ3n) is 2.37. The molecule has 19 heavy (non-hydrogen) atoms. The number of methoxy groups -OCH3 is 1. The maximum Gasteiger partial charge on any atom is 0.312 e. The molecule has 3 N–H and O–H groups in total. The monoisotopic (exact) mass is 289 g/mol. The van der Waals surface area contributed by atoms with Crippen LogP contribution in [0.4, 0.5) is 5.69 Å². The first-order valence-electron chi connectivity index (χ1n) is 5.36. The molecule has 9 heteroatoms. The lowest BCUT2D eigenvalue weighted by atomic mass is 10.3. The second-order valence-electron chi connectivity index (χ2n) is 3.85. The van der Waals surface area contributed by atoms with E-state index >= 15 is 0 Å². The van der Waals surface area contributed by atoms with E-state index in [0.29, 0.717) is 0 Å². The Morgan fingerprint density at radius 1 is 1.53 bits per heavy atom. The van der Waals surface area contributed by atoms with Crippen LogP contribution in [-0.4, -0.2) is 33.0 Å². The Morgan fingerprint density at radius 2 is 2.16 bits per heavy atom. The second kappa shape index (κ2) is 5.95. The normalized spacial score (nSPS) is 13.0. The van der Waals surface area contributed by atoms with Crippen molar-refractivity contribution < 1.29 is 18.1 Å². The van der Waals surface area contributed by atoms with Crippen molar-refractivity contribution in [2.45, 2.75) is 17.9 Å². The molecule has 0 unspecified atom stereocenters. The topological polar surface area (TPSA) is 125 Å². The van der Waals surface area contributed by atoms with Crippen LogP contribution in [0, 0.1) is 10.1 Å². The first-order chi connectivity index (χ1) is 8.81. The first kappa shape index (κ1) is 15.3. The van der Waals surface area contributed by atoms with Crippen molar-refractivity contribution in [3.8, 4) is 5.75 Å². The molecule has 0 saturated carbocycles. The zero-order valence-electron chi connectivity index (χ0n) is 10.5. The van der Waals surface area contributed by atoms with Gasteiger partial charge < -0.3 is 10.5 Å². The fourth-order valence-electron chi connectivity index (χ4n) is 1.36. The van der Waals surface area contributed by atoms with Gasteiger partial charge in [0.05, 0.1) is 16.9 Å². The van der Waals surface area contributed by atoms with Crippen LogP contribution in [-0.2, 0) is 10.0 Å². The van der Waals surface area contributed by atoms with Gasteiger partial charge in [-0.2, -0.15) is 0 Å². The standard InChI is InChI=1S/C10H15N3O5S/c1-7(6-11)12-19(16,17)8-3-4-10(18-2)9(5-8)13(14)15/h3-5,7,12H,6,11H2,1-2H3/t7-/m1/s1. The molecule has 0 aliphatic heterocycles. The van der Waals surface area contributed by atoms with Gasteiger partial charge in [0.15, 0.2) is 5.75 Å². The SMILES string of the molecule is COc1ccc(S(=O)(=O)N[C@H](C)CN)cc1[N+](=O)[O-]. The summed E-state index contributed by atoms with van der Waals surface area (Å²) in [6.45, 7) is 1.72. The summed E-state index contributed by atoms with van der Waals surface area (Å²) in [6, 6.07) is 2.95. The van der Waals surface area contributed by atoms with E-state index in [1.165, 1.54) is 19.2 Å². The fraction of sp³-hybridized carbons (Fsp3) is 0.400. The molecule has 1 aromatic carbocycles. The molecule has 1 aromatic rings. The van der Waals surface area contributed by atoms with Crippen LogP contribution in [0.25, 0.3) is 0 Å². The van der Waals surface area contributed by atoms with Crippen LogP contribution >= 0.6 is 0 Å². The lowest BCUT2D eigenvalue weighted by Crippen LogP contribution is -2.37. The molecule has 0 fully saturated rings. The smallest absolute Gasteiger partial charge is 0.312 e. The van der Waals surface area contributed by atoms with E-state index in [4.69, 9.17) is 10.5 Å². The minimum Gasteiger partial charge on any atom is -0.490 e. The molecular weight excluding hydrogens is 274 g/mol. The first-order valence-corrected chi connectivity index (χ1v) is 6.85. The largest absolute Gasteiger partial charge is 0.490 e. The molecule has 0 aliphatic rings. The number of benzene rings is 1. The van der Waals surface area contributed by atoms with E-state index in [-0.39, 0.29) is 17.2 Å². The summed E-state index contributed by atoms with van der Waals surface area (Å²) >= 11 is 0. The highest BCUT2D eigenvalue weighted by atomic mass is 32.2. The summed E-state index contributed by atoms with van der Waals surface area (Å²) in [5, 5.41) is 10.8. The second-order valence-corrected chi connectivity index (χ2v) is 5.56. The van der Waals surface area contributed by atoms with Crippen molar-refractivity contribution in [1.29, 1.82) is 0 Å². The lowest BCUT2D eigenvalue weighted by Gasteiger charge is -2.12. The molecule has 0 spiro atoms. The zero-order chi connectivity index (χ0) is 14.6. The minimum atomic E-state index is -3.84. The number of rotatable bonds is 6. The Balaban J connectivity index is 3.22. The molecule has 0 saturated heterocycles. The number of nitro benzene ring substituents is 1. The number of hydrogen-bond donors (Lipinski definition) is 2. The van der Waals surface area contributed by atoms with E-state index in [1.54, 1.807) is 6.92 Å². The number of nitrogens with two attached hydrogens (primary N) is 1. The van der Waals surface area contributed by atoms with Gasteiger partial charge in [-0.1, -0.05) is 0 Å². The summed E-state index contributed by atoms with van der Waals surface area (Å²) in [6.07, 6.45) is 0. The molecule has 0 bridgehead atoms. The van der Waals surface area contributed by atoms with Crippen LogP contribution in [0.5, 0.6) is 5.75 Å². The predicted molar refractivity (Wildman–Crippen MR) is 68.5 cm³/mol. The highest BCUT2D eigenvalue weighted by Crippen LogP contribution is 2.29. The summed E-state index contributed by atoms with van der Waals surface area (Å²) in [5.41, 5.74) is 4.91. The molecule has 0 aliphatic carbocycles. The van der Waals surface area contributed by atoms with Crippen molar-refractivity contribution >= 4 is 15.7 Å². The van der Waals surface area contributed by atoms with Crippen molar-refractivity contribution in [1.82, 2.24) is 4.72 Å². The van der Waals surface area contributed by atoms with E-state index < -0.39 is 26.7 Å². The van der Waals surface area contributed by atoms with Crippen molar-refractivity contribution in [3.63, 3.8) is 0 Å². The average molecular weight is 289 g/mol. The maximum absolute atomic E-state index is 11.9. The highest BCUT2D eigenvalue weighted by Gasteiger charge is 2.22. The van der Waals surface area contributed by atoms with Gasteiger partial charge in [0, 0.05) is 18.7 Å². The molecule has 0 heterocycles. The quantitative estimate of drug-likeness (QED) is 0.570. The Bertz CT molecular complexity index is 573. The van der Waals surface area contributed by atoms with Crippen molar-refractivity contribution in [2.24, 2.45) is 5.73 Å². The summed E-state index contributed by atoms with van der Waals surface area (Å²) < 4.78 is 31.0. The van der Waals surface area contributed by atoms with Gasteiger partial charge in [0.2, 0.25) is 10.0 Å². The third-order valence-corrected chi connectivity index (χ3v) is 3.95. The number of sulfonamides is 1. The van der Waals surface area contributed by atoms with Crippen LogP contribution < -0.4 is 15.2 Å². The summed E-state index contributed by atoms with van der Waals surface area (Å²) in [7, 11) is -2.57. The number of nitrogens with one attached hydrogen (secondary N) is 1. The number of ether oxygens (including phenoxy) is 1. The van der Waals surface area contributed by atoms with E-state index in [1.807, 2.05) is 0 Å². The Morgan fingerprint density at radius 3 is 2.63 bits per heavy atom. The van der Waals surface area contributed by atoms with Crippen LogP contribution in [0.2, 0.25) is 0 Å². The maximum atomic E-state index is 11.9.